The van der Waals surface area contributed by atoms with E-state index < -0.39 is 16.4 Å². The van der Waals surface area contributed by atoms with Gasteiger partial charge in [0.1, 0.15) is 5.82 Å². The van der Waals surface area contributed by atoms with Gasteiger partial charge in [-0.15, -0.1) is 0 Å². The molecule has 0 spiro atoms. The van der Waals surface area contributed by atoms with Crippen molar-refractivity contribution >= 4 is 17.3 Å². The summed E-state index contributed by atoms with van der Waals surface area (Å²) in [5.41, 5.74) is 7.98. The molecule has 8 nitrogen and oxygen atoms in total. The summed E-state index contributed by atoms with van der Waals surface area (Å²) in [5, 5.41) is 14.1. The Labute approximate surface area is 112 Å². The van der Waals surface area contributed by atoms with E-state index in [-0.39, 0.29) is 37.0 Å². The SMILES string of the molecule is [N-]=[N+]=NCC1CC(=O)N(c2cc(F)cc([N+](=O)[O-])c2)C1. The van der Waals surface area contributed by atoms with E-state index in [0.717, 1.165) is 18.2 Å². The molecule has 0 bridgehead atoms. The highest BCUT2D eigenvalue weighted by atomic mass is 19.1. The minimum absolute atomic E-state index is 0.144. The number of carbonyl (C=O) groups excluding carboxylic acids is 1. The van der Waals surface area contributed by atoms with Crippen molar-refractivity contribution in [2.75, 3.05) is 18.0 Å². The second-order valence-corrected chi connectivity index (χ2v) is 4.41. The Hall–Kier alpha value is -2.67. The number of azide groups is 1. The third kappa shape index (κ3) is 2.83. The molecule has 1 saturated heterocycles. The number of nitro benzene ring substituents is 1. The first kappa shape index (κ1) is 13.8. The zero-order chi connectivity index (χ0) is 14.7. The van der Waals surface area contributed by atoms with Gasteiger partial charge in [0, 0.05) is 30.5 Å². The summed E-state index contributed by atoms with van der Waals surface area (Å²) in [5.74, 6) is -1.22. The third-order valence-electron chi connectivity index (χ3n) is 3.00. The summed E-state index contributed by atoms with van der Waals surface area (Å²) >= 11 is 0. The van der Waals surface area contributed by atoms with E-state index in [0.29, 0.717) is 0 Å². The largest absolute Gasteiger partial charge is 0.312 e. The fraction of sp³-hybridized carbons (Fsp3) is 0.364. The van der Waals surface area contributed by atoms with Crippen LogP contribution in [0.1, 0.15) is 6.42 Å². The lowest BCUT2D eigenvalue weighted by molar-refractivity contribution is -0.385. The summed E-state index contributed by atoms with van der Waals surface area (Å²) in [4.78, 5) is 25.7. The van der Waals surface area contributed by atoms with Gasteiger partial charge in [-0.25, -0.2) is 4.39 Å². The van der Waals surface area contributed by atoms with Crippen LogP contribution in [0.3, 0.4) is 0 Å². The topological polar surface area (TPSA) is 112 Å². The molecule has 1 aromatic carbocycles. The normalized spacial score (nSPS) is 17.9. The standard InChI is InChI=1S/C11H10FN5O3/c12-8-2-9(4-10(3-8)17(19)20)16-6-7(1-11(16)18)5-14-15-13/h2-4,7H,1,5-6H2. The van der Waals surface area contributed by atoms with Gasteiger partial charge < -0.3 is 4.90 Å². The van der Waals surface area contributed by atoms with Gasteiger partial charge in [-0.2, -0.15) is 0 Å². The zero-order valence-corrected chi connectivity index (χ0v) is 10.3. The number of halogens is 1. The highest BCUT2D eigenvalue weighted by molar-refractivity contribution is 5.96. The molecule has 2 rings (SSSR count). The van der Waals surface area contributed by atoms with Gasteiger partial charge in [0.25, 0.3) is 5.69 Å². The Balaban J connectivity index is 2.25. The van der Waals surface area contributed by atoms with Crippen molar-refractivity contribution < 1.29 is 14.1 Å². The molecule has 1 fully saturated rings. The lowest BCUT2D eigenvalue weighted by Crippen LogP contribution is -2.25. The first-order chi connectivity index (χ1) is 9.51. The van der Waals surface area contributed by atoms with Crippen LogP contribution in [-0.2, 0) is 4.79 Å². The van der Waals surface area contributed by atoms with Crippen molar-refractivity contribution in [1.29, 1.82) is 0 Å². The number of benzene rings is 1. The third-order valence-corrected chi connectivity index (χ3v) is 3.00. The molecule has 104 valence electrons. The molecule has 20 heavy (non-hydrogen) atoms. The molecule has 0 N–H and O–H groups in total. The van der Waals surface area contributed by atoms with E-state index >= 15 is 0 Å². The average molecular weight is 279 g/mol. The van der Waals surface area contributed by atoms with E-state index in [4.69, 9.17) is 5.53 Å². The summed E-state index contributed by atoms with van der Waals surface area (Å²) in [6.07, 6.45) is 0.170. The van der Waals surface area contributed by atoms with E-state index in [2.05, 4.69) is 10.0 Å². The van der Waals surface area contributed by atoms with Gasteiger partial charge in [-0.1, -0.05) is 5.11 Å². The van der Waals surface area contributed by atoms with Crippen LogP contribution in [0.2, 0.25) is 0 Å². The molecular weight excluding hydrogens is 269 g/mol. The molecule has 1 aliphatic heterocycles. The van der Waals surface area contributed by atoms with Crippen molar-refractivity contribution in [2.45, 2.75) is 6.42 Å². The molecule has 0 aromatic heterocycles. The van der Waals surface area contributed by atoms with Crippen LogP contribution in [0, 0.1) is 21.8 Å². The molecule has 0 aliphatic carbocycles. The number of nitro groups is 1. The maximum absolute atomic E-state index is 13.4. The zero-order valence-electron chi connectivity index (χ0n) is 10.3. The molecule has 0 saturated carbocycles. The van der Waals surface area contributed by atoms with Crippen LogP contribution < -0.4 is 4.90 Å². The average Bonchev–Trinajstić information content (AvgIpc) is 2.77. The van der Waals surface area contributed by atoms with Crippen LogP contribution in [0.4, 0.5) is 15.8 Å². The Kier molecular flexibility index (Phi) is 3.81. The van der Waals surface area contributed by atoms with E-state index in [1.807, 2.05) is 0 Å². The number of anilines is 1. The van der Waals surface area contributed by atoms with Gasteiger partial charge in [0.2, 0.25) is 5.91 Å². The van der Waals surface area contributed by atoms with Crippen LogP contribution >= 0.6 is 0 Å². The number of amides is 1. The second-order valence-electron chi connectivity index (χ2n) is 4.41. The number of nitrogens with zero attached hydrogens (tertiary/aromatic N) is 5. The summed E-state index contributed by atoms with van der Waals surface area (Å²) in [7, 11) is 0. The first-order valence-electron chi connectivity index (χ1n) is 5.77. The van der Waals surface area contributed by atoms with Crippen LogP contribution in [0.25, 0.3) is 10.4 Å². The Morgan fingerprint density at radius 2 is 2.30 bits per heavy atom. The van der Waals surface area contributed by atoms with E-state index in [1.165, 1.54) is 4.90 Å². The molecule has 0 radical (unpaired) electrons. The fourth-order valence-corrected chi connectivity index (χ4v) is 2.13. The predicted molar refractivity (Wildman–Crippen MR) is 67.5 cm³/mol. The molecular formula is C11H10FN5O3. The van der Waals surface area contributed by atoms with Gasteiger partial charge in [-0.3, -0.25) is 14.9 Å². The molecule has 1 amide bonds. The fourth-order valence-electron chi connectivity index (χ4n) is 2.13. The van der Waals surface area contributed by atoms with E-state index in [9.17, 15) is 19.3 Å². The Morgan fingerprint density at radius 1 is 1.55 bits per heavy atom. The smallest absolute Gasteiger partial charge is 0.274 e. The summed E-state index contributed by atoms with van der Waals surface area (Å²) in [6, 6.07) is 3.01. The number of hydrogen-bond acceptors (Lipinski definition) is 4. The minimum atomic E-state index is -0.777. The molecule has 1 atom stereocenters. The monoisotopic (exact) mass is 279 g/mol. The quantitative estimate of drug-likeness (QED) is 0.277. The van der Waals surface area contributed by atoms with Crippen LogP contribution in [-0.4, -0.2) is 23.9 Å². The van der Waals surface area contributed by atoms with Gasteiger partial charge in [0.05, 0.1) is 16.7 Å². The maximum atomic E-state index is 13.4. The summed E-state index contributed by atoms with van der Waals surface area (Å²) in [6.45, 7) is 0.411. The van der Waals surface area contributed by atoms with E-state index in [1.54, 1.807) is 0 Å². The van der Waals surface area contributed by atoms with Crippen molar-refractivity contribution in [3.05, 3.63) is 44.6 Å². The van der Waals surface area contributed by atoms with Crippen molar-refractivity contribution in [3.63, 3.8) is 0 Å². The van der Waals surface area contributed by atoms with Gasteiger partial charge in [-0.05, 0) is 17.5 Å². The maximum Gasteiger partial charge on any atom is 0.274 e. The highest BCUT2D eigenvalue weighted by Gasteiger charge is 2.31. The Morgan fingerprint density at radius 3 is 2.95 bits per heavy atom. The van der Waals surface area contributed by atoms with Crippen molar-refractivity contribution in [3.8, 4) is 0 Å². The van der Waals surface area contributed by atoms with Crippen molar-refractivity contribution in [2.24, 2.45) is 11.0 Å². The molecule has 1 aliphatic rings. The predicted octanol–water partition coefficient (Wildman–Crippen LogP) is 2.40. The minimum Gasteiger partial charge on any atom is -0.312 e. The van der Waals surface area contributed by atoms with Crippen LogP contribution in [0.5, 0.6) is 0 Å². The lowest BCUT2D eigenvalue weighted by Gasteiger charge is -2.16. The molecule has 9 heteroatoms. The first-order valence-corrected chi connectivity index (χ1v) is 5.77. The number of non-ortho nitro benzene ring substituents is 1. The van der Waals surface area contributed by atoms with Gasteiger partial charge >= 0.3 is 0 Å². The number of rotatable bonds is 4. The van der Waals surface area contributed by atoms with Crippen LogP contribution in [0.15, 0.2) is 23.3 Å². The lowest BCUT2D eigenvalue weighted by atomic mass is 10.1. The van der Waals surface area contributed by atoms with Gasteiger partial charge in [0.15, 0.2) is 0 Å². The van der Waals surface area contributed by atoms with Crippen molar-refractivity contribution in [1.82, 2.24) is 0 Å². The second kappa shape index (κ2) is 5.54. The molecule has 1 heterocycles. The number of carbonyl (C=O) groups is 1. The highest BCUT2D eigenvalue weighted by Crippen LogP contribution is 2.29. The number of hydrogen-bond donors (Lipinski definition) is 0. The summed E-state index contributed by atoms with van der Waals surface area (Å²) < 4.78 is 13.4. The molecule has 1 aromatic rings. The Bertz CT molecular complexity index is 614. The molecule has 1 unspecified atom stereocenters.